The van der Waals surface area contributed by atoms with Crippen molar-refractivity contribution in [1.82, 2.24) is 19.5 Å². The van der Waals surface area contributed by atoms with E-state index < -0.39 is 30.4 Å². The topological polar surface area (TPSA) is 52.8 Å². The van der Waals surface area contributed by atoms with Crippen LogP contribution in [-0.2, 0) is 19.3 Å². The van der Waals surface area contributed by atoms with Crippen molar-refractivity contribution >= 4 is 11.6 Å². The van der Waals surface area contributed by atoms with Gasteiger partial charge in [0.15, 0.2) is 5.69 Å². The molecule has 0 N–H and O–H groups in total. The normalized spacial score (nSPS) is 12.3. The molecule has 0 radical (unpaired) electrons. The molecule has 12 heteroatoms. The maximum absolute atomic E-state index is 12.9. The monoisotopic (exact) mass is 450 g/mol. The number of benzene rings is 1. The van der Waals surface area contributed by atoms with Gasteiger partial charge in [-0.25, -0.2) is 9.97 Å². The van der Waals surface area contributed by atoms with Crippen LogP contribution >= 0.6 is 11.6 Å². The second-order valence-electron chi connectivity index (χ2n) is 6.30. The highest BCUT2D eigenvalue weighted by Crippen LogP contribution is 2.32. The number of imidazole rings is 1. The van der Waals surface area contributed by atoms with Crippen LogP contribution in [0, 0.1) is 6.92 Å². The van der Waals surface area contributed by atoms with E-state index in [4.69, 9.17) is 16.3 Å². The fraction of sp³-hybridized carbons (Fsp3) is 0.278. The first-order valence-electron chi connectivity index (χ1n) is 8.35. The number of halogens is 7. The van der Waals surface area contributed by atoms with Gasteiger partial charge in [0.2, 0.25) is 11.2 Å². The molecule has 0 aliphatic rings. The Balaban J connectivity index is 1.83. The summed E-state index contributed by atoms with van der Waals surface area (Å²) in [6.07, 6.45) is -7.74. The van der Waals surface area contributed by atoms with E-state index in [1.807, 2.05) is 0 Å². The summed E-state index contributed by atoms with van der Waals surface area (Å²) >= 11 is 5.71. The summed E-state index contributed by atoms with van der Waals surface area (Å²) in [5.74, 6) is -0.180. The molecule has 0 amide bonds. The second-order valence-corrected chi connectivity index (χ2v) is 6.64. The van der Waals surface area contributed by atoms with Crippen LogP contribution in [0.1, 0.15) is 16.8 Å². The van der Waals surface area contributed by atoms with Crippen LogP contribution in [0.3, 0.4) is 0 Å². The number of hydrogen-bond acceptors (Lipinski definition) is 4. The zero-order valence-corrected chi connectivity index (χ0v) is 16.0. The first-order valence-corrected chi connectivity index (χ1v) is 8.72. The quantitative estimate of drug-likeness (QED) is 0.382. The minimum atomic E-state index is -4.87. The predicted octanol–water partition coefficient (Wildman–Crippen LogP) is 5.46. The van der Waals surface area contributed by atoms with Crippen LogP contribution in [0.15, 0.2) is 36.7 Å². The lowest BCUT2D eigenvalue weighted by Crippen LogP contribution is -2.18. The van der Waals surface area contributed by atoms with Crippen LogP contribution in [0.5, 0.6) is 5.88 Å². The molecule has 3 rings (SSSR count). The largest absolute Gasteiger partial charge is 0.472 e. The molecule has 2 aromatic heterocycles. The first-order chi connectivity index (χ1) is 13.9. The highest BCUT2D eigenvalue weighted by molar-refractivity contribution is 6.28. The molecule has 30 heavy (non-hydrogen) atoms. The Hall–Kier alpha value is -2.82. The molecule has 0 bridgehead atoms. The number of ether oxygens (including phenoxy) is 1. The molecule has 2 heterocycles. The van der Waals surface area contributed by atoms with Gasteiger partial charge in [0, 0.05) is 23.5 Å². The highest BCUT2D eigenvalue weighted by atomic mass is 35.5. The molecule has 0 saturated heterocycles. The Morgan fingerprint density at radius 3 is 2.30 bits per heavy atom. The van der Waals surface area contributed by atoms with Gasteiger partial charge in [0.05, 0.1) is 0 Å². The van der Waals surface area contributed by atoms with E-state index in [-0.39, 0.29) is 23.3 Å². The maximum atomic E-state index is 12.9. The average Bonchev–Trinajstić information content (AvgIpc) is 3.05. The Kier molecular flexibility index (Phi) is 5.93. The zero-order valence-electron chi connectivity index (χ0n) is 15.2. The minimum absolute atomic E-state index is 0.00270. The first kappa shape index (κ1) is 21.9. The number of aromatic nitrogens is 4. The van der Waals surface area contributed by atoms with E-state index in [9.17, 15) is 26.3 Å². The van der Waals surface area contributed by atoms with Gasteiger partial charge in [-0.3, -0.25) is 0 Å². The average molecular weight is 451 g/mol. The summed E-state index contributed by atoms with van der Waals surface area (Å²) in [4.78, 5) is 11.1. The molecule has 5 nitrogen and oxygen atoms in total. The number of nitrogens with zero attached hydrogens (tertiary/aromatic N) is 4. The summed E-state index contributed by atoms with van der Waals surface area (Å²) in [6.45, 7) is 0.177. The fourth-order valence-electron chi connectivity index (χ4n) is 2.55. The Morgan fingerprint density at radius 2 is 1.70 bits per heavy atom. The van der Waals surface area contributed by atoms with E-state index in [0.29, 0.717) is 21.9 Å². The lowest BCUT2D eigenvalue weighted by molar-refractivity contribution is -0.144. The van der Waals surface area contributed by atoms with Gasteiger partial charge < -0.3 is 9.30 Å². The summed E-state index contributed by atoms with van der Waals surface area (Å²) in [6, 6.07) is 5.75. The minimum Gasteiger partial charge on any atom is -0.472 e. The van der Waals surface area contributed by atoms with Gasteiger partial charge in [-0.05, 0) is 24.1 Å². The molecule has 160 valence electrons. The van der Waals surface area contributed by atoms with Gasteiger partial charge in [-0.1, -0.05) is 24.3 Å². The highest BCUT2D eigenvalue weighted by Gasteiger charge is 2.37. The third-order valence-electron chi connectivity index (χ3n) is 3.90. The molecular weight excluding hydrogens is 438 g/mol. The molecule has 0 fully saturated rings. The van der Waals surface area contributed by atoms with E-state index in [0.717, 1.165) is 0 Å². The smallest absolute Gasteiger partial charge is 0.434 e. The molecular formula is C18H13ClF6N4O. The molecule has 0 spiro atoms. The van der Waals surface area contributed by atoms with Crippen LogP contribution in [-0.4, -0.2) is 25.7 Å². The Labute approximate surface area is 171 Å². The van der Waals surface area contributed by atoms with Gasteiger partial charge in [-0.2, -0.15) is 31.3 Å². The number of aryl methyl sites for hydroxylation is 1. The third kappa shape index (κ3) is 5.41. The van der Waals surface area contributed by atoms with Gasteiger partial charge in [0.25, 0.3) is 0 Å². The molecule has 0 unspecified atom stereocenters. The van der Waals surface area contributed by atoms with Gasteiger partial charge >= 0.3 is 12.4 Å². The van der Waals surface area contributed by atoms with Crippen molar-refractivity contribution in [2.24, 2.45) is 0 Å². The Morgan fingerprint density at radius 1 is 1.03 bits per heavy atom. The molecule has 3 aromatic rings. The van der Waals surface area contributed by atoms with Crippen LogP contribution in [0.2, 0.25) is 5.28 Å². The summed E-state index contributed by atoms with van der Waals surface area (Å²) in [5.41, 5.74) is -0.0484. The van der Waals surface area contributed by atoms with Crippen molar-refractivity contribution < 1.29 is 31.1 Å². The third-order valence-corrected chi connectivity index (χ3v) is 4.08. The van der Waals surface area contributed by atoms with Gasteiger partial charge in [0.1, 0.15) is 19.0 Å². The summed E-state index contributed by atoms with van der Waals surface area (Å²) < 4.78 is 83.0. The van der Waals surface area contributed by atoms with Crippen molar-refractivity contribution in [3.8, 4) is 17.3 Å². The lowest BCUT2D eigenvalue weighted by Gasteiger charge is -2.11. The predicted molar refractivity (Wildman–Crippen MR) is 94.8 cm³/mol. The van der Waals surface area contributed by atoms with Gasteiger partial charge in [-0.15, -0.1) is 0 Å². The summed E-state index contributed by atoms with van der Waals surface area (Å²) in [7, 11) is 0. The number of alkyl halides is 6. The van der Waals surface area contributed by atoms with Crippen molar-refractivity contribution in [3.63, 3.8) is 0 Å². The molecule has 1 aromatic carbocycles. The van der Waals surface area contributed by atoms with Crippen molar-refractivity contribution in [2.75, 3.05) is 0 Å². The molecule has 0 aliphatic carbocycles. The fourth-order valence-corrected chi connectivity index (χ4v) is 2.68. The lowest BCUT2D eigenvalue weighted by atomic mass is 10.1. The molecule has 0 aliphatic heterocycles. The van der Waals surface area contributed by atoms with Crippen molar-refractivity contribution in [3.05, 3.63) is 58.8 Å². The van der Waals surface area contributed by atoms with Crippen molar-refractivity contribution in [1.29, 1.82) is 0 Å². The SMILES string of the molecule is Cc1cnc(Cl)nc1OCc1ccc(-c2nc(C(F)(F)F)cn2CC(F)(F)F)cc1. The van der Waals surface area contributed by atoms with Crippen molar-refractivity contribution in [2.45, 2.75) is 32.4 Å². The zero-order chi connectivity index (χ0) is 22.1. The molecule has 0 atom stereocenters. The van der Waals surface area contributed by atoms with Crippen LogP contribution in [0.25, 0.3) is 11.4 Å². The van der Waals surface area contributed by atoms with E-state index in [1.165, 1.54) is 30.5 Å². The second kappa shape index (κ2) is 8.13. The molecule has 0 saturated carbocycles. The van der Waals surface area contributed by atoms with Crippen LogP contribution < -0.4 is 4.74 Å². The van der Waals surface area contributed by atoms with E-state index in [1.54, 1.807) is 6.92 Å². The standard InChI is InChI=1S/C18H13ClF6N4O/c1-10-6-26-16(19)28-15(10)30-8-11-2-4-12(5-3-11)14-27-13(18(23,24)25)7-29(14)9-17(20,21)22/h2-7H,8-9H2,1H3. The number of rotatable bonds is 5. The van der Waals surface area contributed by atoms with E-state index in [2.05, 4.69) is 15.0 Å². The maximum Gasteiger partial charge on any atom is 0.434 e. The summed E-state index contributed by atoms with van der Waals surface area (Å²) in [5, 5.41) is 0.00270. The Bertz CT molecular complexity index is 1030. The number of hydrogen-bond donors (Lipinski definition) is 0. The van der Waals surface area contributed by atoms with E-state index >= 15 is 0 Å². The van der Waals surface area contributed by atoms with Crippen LogP contribution in [0.4, 0.5) is 26.3 Å².